The molecule has 0 radical (unpaired) electrons. The third kappa shape index (κ3) is 6.41. The van der Waals surface area contributed by atoms with Crippen LogP contribution in [0.3, 0.4) is 0 Å². The molecule has 2 heterocycles. The lowest BCUT2D eigenvalue weighted by Crippen LogP contribution is -2.44. The largest absolute Gasteiger partial charge is 0.488 e. The number of nitrogens with zero attached hydrogens (tertiary/aromatic N) is 3. The lowest BCUT2D eigenvalue weighted by Gasteiger charge is -2.35. The lowest BCUT2D eigenvalue weighted by molar-refractivity contribution is -0.144. The van der Waals surface area contributed by atoms with Crippen LogP contribution in [0.15, 0.2) is 41.8 Å². The van der Waals surface area contributed by atoms with Gasteiger partial charge in [-0.3, -0.25) is 9.59 Å². The van der Waals surface area contributed by atoms with Crippen molar-refractivity contribution in [2.75, 3.05) is 44.8 Å². The summed E-state index contributed by atoms with van der Waals surface area (Å²) < 4.78 is 11.7. The van der Waals surface area contributed by atoms with Crippen LogP contribution in [-0.2, 0) is 16.1 Å². The summed E-state index contributed by atoms with van der Waals surface area (Å²) in [4.78, 5) is 33.5. The van der Waals surface area contributed by atoms with Crippen molar-refractivity contribution in [2.24, 2.45) is 17.8 Å². The number of fused-ring (bicyclic) bond motifs is 2. The Kier molecular flexibility index (Phi) is 8.94. The number of hydrogen-bond donors (Lipinski definition) is 1. The van der Waals surface area contributed by atoms with Crippen molar-refractivity contribution in [1.29, 1.82) is 0 Å². The molecule has 1 amide bonds. The van der Waals surface area contributed by atoms with Gasteiger partial charge in [0.15, 0.2) is 5.13 Å². The van der Waals surface area contributed by atoms with E-state index in [9.17, 15) is 14.7 Å². The topological polar surface area (TPSA) is 92.2 Å². The summed E-state index contributed by atoms with van der Waals surface area (Å²) in [7, 11) is 1.79. The highest BCUT2D eigenvalue weighted by Gasteiger charge is 2.46. The minimum absolute atomic E-state index is 0.0272. The molecule has 1 aliphatic carbocycles. The summed E-state index contributed by atoms with van der Waals surface area (Å²) in [6, 6.07) is 11.9. The first-order valence-corrected chi connectivity index (χ1v) is 15.2. The van der Waals surface area contributed by atoms with E-state index < -0.39 is 5.97 Å². The van der Waals surface area contributed by atoms with Gasteiger partial charge in [0.1, 0.15) is 12.4 Å². The SMILES string of the molecule is CCOCCN(C)C(=O)c1ccc(COc2ccc(C)cc2-c2csc(N3C[C@H]4CC[C@@H](C3)C4C(=O)O)n2)c(C)c1. The van der Waals surface area contributed by atoms with Crippen molar-refractivity contribution in [2.45, 2.75) is 40.2 Å². The zero-order valence-corrected chi connectivity index (χ0v) is 25.1. The molecule has 1 aliphatic heterocycles. The molecule has 1 saturated carbocycles. The van der Waals surface area contributed by atoms with Gasteiger partial charge < -0.3 is 24.4 Å². The van der Waals surface area contributed by atoms with Crippen LogP contribution in [0.2, 0.25) is 0 Å². The van der Waals surface area contributed by atoms with E-state index in [-0.39, 0.29) is 23.7 Å². The molecule has 9 heteroatoms. The van der Waals surface area contributed by atoms with E-state index in [4.69, 9.17) is 14.5 Å². The Morgan fingerprint density at radius 1 is 1.12 bits per heavy atom. The summed E-state index contributed by atoms with van der Waals surface area (Å²) in [5, 5.41) is 12.7. The Morgan fingerprint density at radius 3 is 2.56 bits per heavy atom. The average molecular weight is 578 g/mol. The summed E-state index contributed by atoms with van der Waals surface area (Å²) in [5.41, 5.74) is 5.59. The van der Waals surface area contributed by atoms with Crippen molar-refractivity contribution >= 4 is 28.3 Å². The molecule has 1 N–H and O–H groups in total. The van der Waals surface area contributed by atoms with Gasteiger partial charge in [-0.15, -0.1) is 11.3 Å². The third-order valence-corrected chi connectivity index (χ3v) is 9.29. The van der Waals surface area contributed by atoms with Crippen LogP contribution >= 0.6 is 11.3 Å². The molecule has 5 rings (SSSR count). The van der Waals surface area contributed by atoms with E-state index in [0.717, 1.165) is 64.8 Å². The standard InChI is InChI=1S/C32H39N3O5S/c1-5-39-13-12-34(4)30(36)22-7-10-25(21(3)15-22)18-40-28-11-6-20(2)14-26(28)27-19-41-32(33-27)35-16-23-8-9-24(17-35)29(23)31(37)38/h6-7,10-11,14-15,19,23-24,29H,5,8-9,12-13,16-18H2,1-4H3,(H,37,38)/t23-,24+,29?. The minimum Gasteiger partial charge on any atom is -0.488 e. The van der Waals surface area contributed by atoms with Gasteiger partial charge in [-0.2, -0.15) is 0 Å². The molecule has 41 heavy (non-hydrogen) atoms. The average Bonchev–Trinajstić information content (AvgIpc) is 3.55. The molecule has 218 valence electrons. The number of amides is 1. The Bertz CT molecular complexity index is 1390. The first-order valence-electron chi connectivity index (χ1n) is 14.3. The van der Waals surface area contributed by atoms with Gasteiger partial charge in [-0.05, 0) is 80.8 Å². The van der Waals surface area contributed by atoms with E-state index >= 15 is 0 Å². The zero-order valence-electron chi connectivity index (χ0n) is 24.3. The van der Waals surface area contributed by atoms with Crippen LogP contribution in [0.5, 0.6) is 5.75 Å². The van der Waals surface area contributed by atoms with Crippen LogP contribution < -0.4 is 9.64 Å². The first-order chi connectivity index (χ1) is 19.7. The number of hydrogen-bond acceptors (Lipinski definition) is 7. The van der Waals surface area contributed by atoms with Crippen molar-refractivity contribution in [3.63, 3.8) is 0 Å². The van der Waals surface area contributed by atoms with Crippen molar-refractivity contribution in [3.05, 3.63) is 64.0 Å². The van der Waals surface area contributed by atoms with Gasteiger partial charge in [0.25, 0.3) is 5.91 Å². The van der Waals surface area contributed by atoms with Gasteiger partial charge in [-0.1, -0.05) is 17.7 Å². The van der Waals surface area contributed by atoms with Crippen LogP contribution in [0.1, 0.15) is 46.8 Å². The molecule has 2 aliphatic rings. The van der Waals surface area contributed by atoms with Gasteiger partial charge in [0.05, 0.1) is 18.2 Å². The maximum Gasteiger partial charge on any atom is 0.307 e. The highest BCUT2D eigenvalue weighted by molar-refractivity contribution is 7.14. The number of carboxylic acids is 1. The normalized spacial score (nSPS) is 19.8. The summed E-state index contributed by atoms with van der Waals surface area (Å²) in [6.45, 7) is 9.57. The summed E-state index contributed by atoms with van der Waals surface area (Å²) in [5.74, 6) is 0.237. The van der Waals surface area contributed by atoms with E-state index in [0.29, 0.717) is 31.9 Å². The fourth-order valence-electron chi connectivity index (χ4n) is 6.10. The zero-order chi connectivity index (χ0) is 29.1. The molecule has 2 aromatic carbocycles. The number of carbonyl (C=O) groups is 2. The molecule has 3 atom stereocenters. The molecule has 3 aromatic rings. The Balaban J connectivity index is 1.27. The van der Waals surface area contributed by atoms with Crippen LogP contribution in [0.4, 0.5) is 5.13 Å². The Morgan fingerprint density at radius 2 is 1.88 bits per heavy atom. The molecule has 0 spiro atoms. The van der Waals surface area contributed by atoms with Crippen molar-refractivity contribution in [1.82, 2.24) is 9.88 Å². The number of carbonyl (C=O) groups excluding carboxylic acids is 1. The van der Waals surface area contributed by atoms with Gasteiger partial charge >= 0.3 is 5.97 Å². The van der Waals surface area contributed by atoms with Gasteiger partial charge in [0.2, 0.25) is 0 Å². The second kappa shape index (κ2) is 12.6. The number of likely N-dealkylation sites (N-methyl/N-ethyl adjacent to an activating group) is 1. The monoisotopic (exact) mass is 577 g/mol. The predicted molar refractivity (Wildman–Crippen MR) is 161 cm³/mol. The Hall–Kier alpha value is -3.43. The highest BCUT2D eigenvalue weighted by Crippen LogP contribution is 2.44. The number of thiazole rings is 1. The second-order valence-corrected chi connectivity index (χ2v) is 12.1. The number of anilines is 1. The second-order valence-electron chi connectivity index (χ2n) is 11.2. The van der Waals surface area contributed by atoms with Crippen LogP contribution in [0.25, 0.3) is 11.3 Å². The highest BCUT2D eigenvalue weighted by atomic mass is 32.1. The fraction of sp³-hybridized carbons (Fsp3) is 0.469. The molecule has 2 bridgehead atoms. The maximum atomic E-state index is 12.8. The van der Waals surface area contributed by atoms with Gasteiger partial charge in [-0.25, -0.2) is 4.98 Å². The molecular weight excluding hydrogens is 538 g/mol. The molecule has 8 nitrogen and oxygen atoms in total. The van der Waals surface area contributed by atoms with Gasteiger partial charge in [0, 0.05) is 49.8 Å². The van der Waals surface area contributed by atoms with E-state index in [1.54, 1.807) is 23.3 Å². The number of carboxylic acid groups (broad SMARTS) is 1. The molecule has 2 fully saturated rings. The number of aryl methyl sites for hydroxylation is 2. The quantitative estimate of drug-likeness (QED) is 0.294. The van der Waals surface area contributed by atoms with Crippen molar-refractivity contribution < 1.29 is 24.2 Å². The number of ether oxygens (including phenoxy) is 2. The Labute approximate surface area is 245 Å². The maximum absolute atomic E-state index is 12.8. The fourth-order valence-corrected chi connectivity index (χ4v) is 6.95. The number of piperidine rings is 1. The van der Waals surface area contributed by atoms with Crippen LogP contribution in [0, 0.1) is 31.6 Å². The molecule has 1 unspecified atom stereocenters. The van der Waals surface area contributed by atoms with Crippen molar-refractivity contribution in [3.8, 4) is 17.0 Å². The van der Waals surface area contributed by atoms with E-state index in [1.165, 1.54) is 0 Å². The van der Waals surface area contributed by atoms with E-state index in [1.807, 2.05) is 44.2 Å². The summed E-state index contributed by atoms with van der Waals surface area (Å²) >= 11 is 1.60. The summed E-state index contributed by atoms with van der Waals surface area (Å²) in [6.07, 6.45) is 1.96. The molecule has 1 aromatic heterocycles. The van der Waals surface area contributed by atoms with Crippen LogP contribution in [-0.4, -0.2) is 66.8 Å². The number of aliphatic carboxylic acids is 1. The number of benzene rings is 2. The van der Waals surface area contributed by atoms with E-state index in [2.05, 4.69) is 23.3 Å². The molecular formula is C32H39N3O5S. The number of rotatable bonds is 11. The smallest absolute Gasteiger partial charge is 0.307 e. The number of aromatic nitrogens is 1. The predicted octanol–water partition coefficient (Wildman–Crippen LogP) is 5.66. The minimum atomic E-state index is -0.653. The molecule has 1 saturated heterocycles. The lowest BCUT2D eigenvalue weighted by atomic mass is 9.85. The first kappa shape index (κ1) is 29.1. The third-order valence-electron chi connectivity index (χ3n) is 8.39.